The first kappa shape index (κ1) is 15.6. The van der Waals surface area contributed by atoms with E-state index in [0.29, 0.717) is 6.04 Å². The molecule has 0 bridgehead atoms. The Labute approximate surface area is 129 Å². The quantitative estimate of drug-likeness (QED) is 0.893. The normalized spacial score (nSPS) is 19.1. The predicted octanol–water partition coefficient (Wildman–Crippen LogP) is 2.87. The summed E-state index contributed by atoms with van der Waals surface area (Å²) >= 11 is 3.48. The molecule has 0 spiro atoms. The molecule has 1 aromatic rings. The minimum absolute atomic E-state index is 0.153. The molecule has 1 unspecified atom stereocenters. The molecule has 1 amide bonds. The maximum Gasteiger partial charge on any atom is 0.270 e. The maximum atomic E-state index is 12.8. The van der Waals surface area contributed by atoms with Crippen LogP contribution < -0.4 is 5.32 Å². The Balaban J connectivity index is 2.19. The Hall–Kier alpha value is -0.810. The minimum atomic E-state index is 0.153. The van der Waals surface area contributed by atoms with Crippen LogP contribution >= 0.6 is 15.9 Å². The Morgan fingerprint density at radius 3 is 2.95 bits per heavy atom. The third-order valence-corrected chi connectivity index (χ3v) is 4.29. The van der Waals surface area contributed by atoms with Crippen LogP contribution in [0.25, 0.3) is 0 Å². The number of aromatic nitrogens is 1. The number of halogens is 1. The van der Waals surface area contributed by atoms with Crippen LogP contribution in [0.2, 0.25) is 0 Å². The average Bonchev–Trinajstić information content (AvgIpc) is 2.82. The smallest absolute Gasteiger partial charge is 0.270 e. The Morgan fingerprint density at radius 2 is 2.35 bits per heavy atom. The van der Waals surface area contributed by atoms with Crippen molar-refractivity contribution in [2.75, 3.05) is 19.6 Å². The van der Waals surface area contributed by atoms with Gasteiger partial charge in [0.1, 0.15) is 5.69 Å². The fourth-order valence-electron chi connectivity index (χ4n) is 2.89. The second-order valence-electron chi connectivity index (χ2n) is 5.33. The highest BCUT2D eigenvalue weighted by atomic mass is 79.9. The van der Waals surface area contributed by atoms with Crippen molar-refractivity contribution in [1.82, 2.24) is 14.8 Å². The van der Waals surface area contributed by atoms with Gasteiger partial charge in [-0.2, -0.15) is 0 Å². The maximum absolute atomic E-state index is 12.8. The Morgan fingerprint density at radius 1 is 1.55 bits per heavy atom. The van der Waals surface area contributed by atoms with Gasteiger partial charge >= 0.3 is 0 Å². The molecule has 1 fully saturated rings. The van der Waals surface area contributed by atoms with Gasteiger partial charge in [0.2, 0.25) is 0 Å². The van der Waals surface area contributed by atoms with Gasteiger partial charge in [-0.1, -0.05) is 6.92 Å². The number of hydrogen-bond acceptors (Lipinski definition) is 2. The number of rotatable bonds is 5. The molecule has 1 aromatic heterocycles. The highest BCUT2D eigenvalue weighted by Crippen LogP contribution is 2.20. The van der Waals surface area contributed by atoms with E-state index in [-0.39, 0.29) is 5.91 Å². The number of amides is 1. The molecule has 1 saturated heterocycles. The zero-order valence-corrected chi connectivity index (χ0v) is 13.9. The van der Waals surface area contributed by atoms with Crippen LogP contribution in [0.5, 0.6) is 0 Å². The molecule has 1 aliphatic rings. The van der Waals surface area contributed by atoms with Gasteiger partial charge in [-0.05, 0) is 54.7 Å². The van der Waals surface area contributed by atoms with Gasteiger partial charge in [0.15, 0.2) is 0 Å². The van der Waals surface area contributed by atoms with E-state index in [4.69, 9.17) is 0 Å². The third-order valence-electron chi connectivity index (χ3n) is 3.86. The first-order valence-corrected chi connectivity index (χ1v) is 8.34. The van der Waals surface area contributed by atoms with Gasteiger partial charge in [0.25, 0.3) is 5.91 Å². The summed E-state index contributed by atoms with van der Waals surface area (Å²) in [6, 6.07) is 2.27. The van der Waals surface area contributed by atoms with E-state index in [9.17, 15) is 4.79 Å². The first-order chi connectivity index (χ1) is 9.67. The standard InChI is InChI=1S/C15H24BrN3O/c1-3-8-18-11-12(16)9-14(18)15(20)19(4-2)13-6-5-7-17-10-13/h9,11,13,17H,3-8,10H2,1-2H3. The molecule has 112 valence electrons. The molecule has 4 nitrogen and oxygen atoms in total. The van der Waals surface area contributed by atoms with E-state index in [2.05, 4.69) is 39.7 Å². The monoisotopic (exact) mass is 341 g/mol. The van der Waals surface area contributed by atoms with Crippen molar-refractivity contribution in [1.29, 1.82) is 0 Å². The zero-order valence-electron chi connectivity index (χ0n) is 12.4. The number of carbonyl (C=O) groups is 1. The van der Waals surface area contributed by atoms with Crippen molar-refractivity contribution >= 4 is 21.8 Å². The summed E-state index contributed by atoms with van der Waals surface area (Å²) in [7, 11) is 0. The van der Waals surface area contributed by atoms with Crippen molar-refractivity contribution in [3.63, 3.8) is 0 Å². The number of piperidine rings is 1. The van der Waals surface area contributed by atoms with E-state index in [1.165, 1.54) is 0 Å². The summed E-state index contributed by atoms with van der Waals surface area (Å²) in [6.45, 7) is 7.82. The van der Waals surface area contributed by atoms with Gasteiger partial charge in [0, 0.05) is 36.3 Å². The molecule has 0 saturated carbocycles. The average molecular weight is 342 g/mol. The number of hydrogen-bond donors (Lipinski definition) is 1. The zero-order chi connectivity index (χ0) is 14.5. The lowest BCUT2D eigenvalue weighted by atomic mass is 10.1. The molecule has 20 heavy (non-hydrogen) atoms. The van der Waals surface area contributed by atoms with Crippen LogP contribution in [0.4, 0.5) is 0 Å². The molecule has 0 aromatic carbocycles. The highest BCUT2D eigenvalue weighted by molar-refractivity contribution is 9.10. The first-order valence-electron chi connectivity index (χ1n) is 7.54. The third kappa shape index (κ3) is 3.44. The predicted molar refractivity (Wildman–Crippen MR) is 85.0 cm³/mol. The highest BCUT2D eigenvalue weighted by Gasteiger charge is 2.26. The minimum Gasteiger partial charge on any atom is -0.342 e. The van der Waals surface area contributed by atoms with Crippen molar-refractivity contribution in [3.8, 4) is 0 Å². The van der Waals surface area contributed by atoms with Gasteiger partial charge in [-0.3, -0.25) is 4.79 Å². The summed E-state index contributed by atoms with van der Waals surface area (Å²) < 4.78 is 3.04. The number of nitrogens with one attached hydrogen (secondary N) is 1. The SMILES string of the molecule is CCCn1cc(Br)cc1C(=O)N(CC)C1CCCNC1. The summed E-state index contributed by atoms with van der Waals surface area (Å²) in [4.78, 5) is 14.9. The number of aryl methyl sites for hydroxylation is 1. The largest absolute Gasteiger partial charge is 0.342 e. The molecular formula is C15H24BrN3O. The van der Waals surface area contributed by atoms with Gasteiger partial charge in [-0.15, -0.1) is 0 Å². The lowest BCUT2D eigenvalue weighted by molar-refractivity contribution is 0.0651. The fraction of sp³-hybridized carbons (Fsp3) is 0.667. The summed E-state index contributed by atoms with van der Waals surface area (Å²) in [6.07, 6.45) is 5.28. The molecule has 1 atom stereocenters. The second kappa shape index (κ2) is 7.27. The van der Waals surface area contributed by atoms with Gasteiger partial charge in [0.05, 0.1) is 0 Å². The molecule has 2 rings (SSSR count). The Bertz CT molecular complexity index is 452. The topological polar surface area (TPSA) is 37.3 Å². The molecule has 0 aliphatic carbocycles. The van der Waals surface area contributed by atoms with E-state index in [1.807, 2.05) is 17.2 Å². The van der Waals surface area contributed by atoms with Crippen molar-refractivity contribution < 1.29 is 4.79 Å². The molecule has 5 heteroatoms. The molecule has 0 radical (unpaired) electrons. The number of nitrogens with zero attached hydrogens (tertiary/aromatic N) is 2. The van der Waals surface area contributed by atoms with Crippen LogP contribution in [-0.4, -0.2) is 41.1 Å². The van der Waals surface area contributed by atoms with Crippen LogP contribution in [0.3, 0.4) is 0 Å². The van der Waals surface area contributed by atoms with Crippen LogP contribution in [-0.2, 0) is 6.54 Å². The van der Waals surface area contributed by atoms with Crippen molar-refractivity contribution in [2.45, 2.75) is 45.7 Å². The second-order valence-corrected chi connectivity index (χ2v) is 6.24. The van der Waals surface area contributed by atoms with Gasteiger partial charge in [-0.25, -0.2) is 0 Å². The van der Waals surface area contributed by atoms with Crippen molar-refractivity contribution in [2.24, 2.45) is 0 Å². The van der Waals surface area contributed by atoms with Gasteiger partial charge < -0.3 is 14.8 Å². The van der Waals surface area contributed by atoms with E-state index in [1.54, 1.807) is 0 Å². The summed E-state index contributed by atoms with van der Waals surface area (Å²) in [5.41, 5.74) is 0.797. The lowest BCUT2D eigenvalue weighted by Gasteiger charge is -2.34. The van der Waals surface area contributed by atoms with E-state index < -0.39 is 0 Å². The molecule has 2 heterocycles. The van der Waals surface area contributed by atoms with Crippen LogP contribution in [0.1, 0.15) is 43.6 Å². The summed E-state index contributed by atoms with van der Waals surface area (Å²) in [5.74, 6) is 0.153. The van der Waals surface area contributed by atoms with E-state index >= 15 is 0 Å². The fourth-order valence-corrected chi connectivity index (χ4v) is 3.36. The molecular weight excluding hydrogens is 318 g/mol. The molecule has 1 aliphatic heterocycles. The number of carbonyl (C=O) groups excluding carboxylic acids is 1. The molecule has 1 N–H and O–H groups in total. The number of likely N-dealkylation sites (N-methyl/N-ethyl adjacent to an activating group) is 1. The lowest BCUT2D eigenvalue weighted by Crippen LogP contribution is -2.49. The summed E-state index contributed by atoms with van der Waals surface area (Å²) in [5, 5.41) is 3.39. The van der Waals surface area contributed by atoms with Crippen LogP contribution in [0, 0.1) is 0 Å². The Kier molecular flexibility index (Phi) is 5.66. The van der Waals surface area contributed by atoms with Crippen LogP contribution in [0.15, 0.2) is 16.7 Å². The van der Waals surface area contributed by atoms with E-state index in [0.717, 1.165) is 55.6 Å². The van der Waals surface area contributed by atoms with Crippen molar-refractivity contribution in [3.05, 3.63) is 22.4 Å².